The summed E-state index contributed by atoms with van der Waals surface area (Å²) in [5, 5.41) is 3.03. The average molecular weight is 298 g/mol. The van der Waals surface area contributed by atoms with Crippen molar-refractivity contribution in [2.75, 3.05) is 19.4 Å². The van der Waals surface area contributed by atoms with Crippen LogP contribution in [0.3, 0.4) is 0 Å². The minimum Gasteiger partial charge on any atom is -0.345 e. The highest BCUT2D eigenvalue weighted by Gasteiger charge is 2.16. The Balaban J connectivity index is 2.92. The second kappa shape index (κ2) is 7.26. The normalized spacial score (nSPS) is 11.8. The van der Waals surface area contributed by atoms with Gasteiger partial charge >= 0.3 is 0 Å². The van der Waals surface area contributed by atoms with Crippen molar-refractivity contribution in [3.05, 3.63) is 28.8 Å². The van der Waals surface area contributed by atoms with Gasteiger partial charge in [0, 0.05) is 19.7 Å². The molecule has 0 heterocycles. The third-order valence-corrected chi connectivity index (χ3v) is 3.14. The number of benzene rings is 1. The molecule has 0 saturated heterocycles. The molecular weight excluding hydrogens is 278 g/mol. The van der Waals surface area contributed by atoms with E-state index >= 15 is 0 Å². The number of nitrogens with two attached hydrogens (primary N) is 1. The Hall–Kier alpha value is -1.59. The van der Waals surface area contributed by atoms with Gasteiger partial charge in [-0.15, -0.1) is 0 Å². The number of hydrogen-bond acceptors (Lipinski definition) is 3. The molecule has 110 valence electrons. The SMILES string of the molecule is CCC[C@@H](N)C(=O)Nc1cc(C(=O)N(C)C)ccc1Cl. The summed E-state index contributed by atoms with van der Waals surface area (Å²) in [7, 11) is 3.32. The number of hydrogen-bond donors (Lipinski definition) is 2. The van der Waals surface area contributed by atoms with Gasteiger partial charge in [0.05, 0.1) is 16.8 Å². The van der Waals surface area contributed by atoms with Crippen molar-refractivity contribution >= 4 is 29.1 Å². The molecule has 2 amide bonds. The van der Waals surface area contributed by atoms with Gasteiger partial charge in [-0.25, -0.2) is 0 Å². The minimum absolute atomic E-state index is 0.157. The average Bonchev–Trinajstić information content (AvgIpc) is 2.40. The van der Waals surface area contributed by atoms with Crippen molar-refractivity contribution in [1.82, 2.24) is 4.90 Å². The first kappa shape index (κ1) is 16.5. The number of carbonyl (C=O) groups is 2. The molecule has 20 heavy (non-hydrogen) atoms. The van der Waals surface area contributed by atoms with E-state index in [4.69, 9.17) is 17.3 Å². The predicted molar refractivity (Wildman–Crippen MR) is 81.0 cm³/mol. The molecule has 1 atom stereocenters. The fourth-order valence-electron chi connectivity index (χ4n) is 1.68. The second-order valence-corrected chi connectivity index (χ2v) is 5.19. The van der Waals surface area contributed by atoms with Crippen LogP contribution in [0, 0.1) is 0 Å². The summed E-state index contributed by atoms with van der Waals surface area (Å²) in [4.78, 5) is 25.2. The molecule has 1 rings (SSSR count). The predicted octanol–water partition coefficient (Wildman–Crippen LogP) is 2.11. The van der Waals surface area contributed by atoms with Crippen molar-refractivity contribution in [2.24, 2.45) is 5.73 Å². The molecule has 0 unspecified atom stereocenters. The Kier molecular flexibility index (Phi) is 5.98. The lowest BCUT2D eigenvalue weighted by Gasteiger charge is -2.15. The van der Waals surface area contributed by atoms with Crippen molar-refractivity contribution in [3.63, 3.8) is 0 Å². The van der Waals surface area contributed by atoms with Crippen LogP contribution >= 0.6 is 11.6 Å². The molecule has 0 radical (unpaired) electrons. The number of nitrogens with one attached hydrogen (secondary N) is 1. The maximum atomic E-state index is 11.9. The highest BCUT2D eigenvalue weighted by molar-refractivity contribution is 6.34. The molecule has 6 heteroatoms. The zero-order chi connectivity index (χ0) is 15.3. The minimum atomic E-state index is -0.579. The summed E-state index contributed by atoms with van der Waals surface area (Å²) in [5.41, 5.74) is 6.60. The molecule has 0 aliphatic rings. The molecule has 1 aromatic rings. The van der Waals surface area contributed by atoms with Gasteiger partial charge in [-0.3, -0.25) is 9.59 Å². The molecule has 0 aromatic heterocycles. The van der Waals surface area contributed by atoms with Gasteiger partial charge in [0.15, 0.2) is 0 Å². The summed E-state index contributed by atoms with van der Waals surface area (Å²) in [5.74, 6) is -0.460. The Bertz CT molecular complexity index is 503. The van der Waals surface area contributed by atoms with E-state index in [-0.39, 0.29) is 11.8 Å². The van der Waals surface area contributed by atoms with Gasteiger partial charge in [0.2, 0.25) is 5.91 Å². The van der Waals surface area contributed by atoms with Crippen LogP contribution in [0.4, 0.5) is 5.69 Å². The maximum Gasteiger partial charge on any atom is 0.253 e. The van der Waals surface area contributed by atoms with E-state index < -0.39 is 6.04 Å². The van der Waals surface area contributed by atoms with E-state index in [0.717, 1.165) is 6.42 Å². The highest BCUT2D eigenvalue weighted by atomic mass is 35.5. The topological polar surface area (TPSA) is 75.4 Å². The molecule has 0 aliphatic heterocycles. The summed E-state index contributed by atoms with van der Waals surface area (Å²) < 4.78 is 0. The van der Waals surface area contributed by atoms with Crippen LogP contribution in [-0.2, 0) is 4.79 Å². The van der Waals surface area contributed by atoms with E-state index in [1.165, 1.54) is 4.90 Å². The van der Waals surface area contributed by atoms with Crippen LogP contribution < -0.4 is 11.1 Å². The van der Waals surface area contributed by atoms with E-state index in [1.807, 2.05) is 6.92 Å². The Morgan fingerprint density at radius 1 is 1.40 bits per heavy atom. The van der Waals surface area contributed by atoms with Gasteiger partial charge < -0.3 is 16.0 Å². The van der Waals surface area contributed by atoms with Crippen molar-refractivity contribution in [1.29, 1.82) is 0 Å². The lowest BCUT2D eigenvalue weighted by molar-refractivity contribution is -0.117. The van der Waals surface area contributed by atoms with E-state index in [0.29, 0.717) is 22.7 Å². The zero-order valence-electron chi connectivity index (χ0n) is 11.9. The molecule has 1 aromatic carbocycles. The van der Waals surface area contributed by atoms with Gasteiger partial charge in [-0.05, 0) is 24.6 Å². The fourth-order valence-corrected chi connectivity index (χ4v) is 1.84. The molecule has 0 aliphatic carbocycles. The van der Waals surface area contributed by atoms with Crippen LogP contribution in [0.1, 0.15) is 30.1 Å². The number of halogens is 1. The number of carbonyl (C=O) groups excluding carboxylic acids is 2. The fraction of sp³-hybridized carbons (Fsp3) is 0.429. The van der Waals surface area contributed by atoms with Crippen LogP contribution in [0.15, 0.2) is 18.2 Å². The summed E-state index contributed by atoms with van der Waals surface area (Å²) in [6.07, 6.45) is 1.42. The van der Waals surface area contributed by atoms with Crippen LogP contribution in [0.2, 0.25) is 5.02 Å². The summed E-state index contributed by atoms with van der Waals surface area (Å²) in [6.45, 7) is 1.95. The molecule has 0 bridgehead atoms. The lowest BCUT2D eigenvalue weighted by Crippen LogP contribution is -2.35. The first-order valence-corrected chi connectivity index (χ1v) is 6.82. The molecular formula is C14H20ClN3O2. The van der Waals surface area contributed by atoms with Gasteiger partial charge in [0.25, 0.3) is 5.91 Å². The first-order valence-electron chi connectivity index (χ1n) is 6.44. The molecule has 3 N–H and O–H groups in total. The van der Waals surface area contributed by atoms with E-state index in [1.54, 1.807) is 32.3 Å². The highest BCUT2D eigenvalue weighted by Crippen LogP contribution is 2.23. The second-order valence-electron chi connectivity index (χ2n) is 4.78. The largest absolute Gasteiger partial charge is 0.345 e. The third kappa shape index (κ3) is 4.21. The number of anilines is 1. The molecule has 0 fully saturated rings. The standard InChI is InChI=1S/C14H20ClN3O2/c1-4-5-11(16)13(19)17-12-8-9(6-7-10(12)15)14(20)18(2)3/h6-8,11H,4-5,16H2,1-3H3,(H,17,19)/t11-/m1/s1. The number of rotatable bonds is 5. The number of nitrogens with zero attached hydrogens (tertiary/aromatic N) is 1. The Labute approximate surface area is 124 Å². The summed E-state index contributed by atoms with van der Waals surface area (Å²) in [6, 6.07) is 4.18. The van der Waals surface area contributed by atoms with Crippen LogP contribution in [0.25, 0.3) is 0 Å². The van der Waals surface area contributed by atoms with Gasteiger partial charge in [-0.1, -0.05) is 24.9 Å². The van der Waals surface area contributed by atoms with Gasteiger partial charge in [0.1, 0.15) is 0 Å². The monoisotopic (exact) mass is 297 g/mol. The quantitative estimate of drug-likeness (QED) is 0.874. The van der Waals surface area contributed by atoms with Crippen LogP contribution in [0.5, 0.6) is 0 Å². The third-order valence-electron chi connectivity index (χ3n) is 2.81. The Morgan fingerprint density at radius 3 is 2.60 bits per heavy atom. The molecule has 0 saturated carbocycles. The number of amides is 2. The lowest BCUT2D eigenvalue weighted by atomic mass is 10.1. The van der Waals surface area contributed by atoms with Gasteiger partial charge in [-0.2, -0.15) is 0 Å². The van der Waals surface area contributed by atoms with E-state index in [2.05, 4.69) is 5.32 Å². The smallest absolute Gasteiger partial charge is 0.253 e. The van der Waals surface area contributed by atoms with Crippen molar-refractivity contribution < 1.29 is 9.59 Å². The zero-order valence-corrected chi connectivity index (χ0v) is 12.7. The Morgan fingerprint density at radius 2 is 2.05 bits per heavy atom. The van der Waals surface area contributed by atoms with Crippen molar-refractivity contribution in [3.8, 4) is 0 Å². The first-order chi connectivity index (χ1) is 9.36. The summed E-state index contributed by atoms with van der Waals surface area (Å²) >= 11 is 6.03. The van der Waals surface area contributed by atoms with Crippen molar-refractivity contribution in [2.45, 2.75) is 25.8 Å². The maximum absolute atomic E-state index is 11.9. The molecule has 0 spiro atoms. The van der Waals surface area contributed by atoms with Crippen LogP contribution in [-0.4, -0.2) is 36.9 Å². The van der Waals surface area contributed by atoms with E-state index in [9.17, 15) is 9.59 Å². The molecule has 5 nitrogen and oxygen atoms in total.